The number of carbonyl (C=O) groups excluding carboxylic acids is 2. The molecule has 7 heteroatoms. The third kappa shape index (κ3) is 3.11. The van der Waals surface area contributed by atoms with Crippen molar-refractivity contribution in [3.05, 3.63) is 77.9 Å². The average molecular weight is 373 g/mol. The Balaban J connectivity index is 1.66. The minimum Gasteiger partial charge on any atom is -0.287 e. The molecule has 0 saturated carbocycles. The summed E-state index contributed by atoms with van der Waals surface area (Å²) in [6.45, 7) is 3.88. The number of nitrogens with zero attached hydrogens (tertiary/aromatic N) is 4. The molecule has 1 N–H and O–H groups in total. The van der Waals surface area contributed by atoms with E-state index in [9.17, 15) is 9.59 Å². The van der Waals surface area contributed by atoms with Crippen LogP contribution in [0.25, 0.3) is 5.69 Å². The average Bonchev–Trinajstić information content (AvgIpc) is 3.11. The molecular weight excluding hydrogens is 354 g/mol. The normalized spacial score (nSPS) is 16.6. The van der Waals surface area contributed by atoms with Crippen LogP contribution in [0.5, 0.6) is 0 Å². The molecule has 0 spiro atoms. The van der Waals surface area contributed by atoms with Crippen molar-refractivity contribution in [3.8, 4) is 5.69 Å². The number of ketones is 1. The van der Waals surface area contributed by atoms with Gasteiger partial charge in [0.2, 0.25) is 5.78 Å². The smallest absolute Gasteiger partial charge is 0.271 e. The molecule has 0 fully saturated rings. The maximum atomic E-state index is 13.1. The zero-order chi connectivity index (χ0) is 19.7. The van der Waals surface area contributed by atoms with Crippen molar-refractivity contribution in [1.29, 1.82) is 0 Å². The van der Waals surface area contributed by atoms with Crippen molar-refractivity contribution < 1.29 is 9.59 Å². The molecule has 4 rings (SSSR count). The lowest BCUT2D eigenvalue weighted by Gasteiger charge is -2.30. The number of hydrogen-bond donors (Lipinski definition) is 1. The monoisotopic (exact) mass is 373 g/mol. The van der Waals surface area contributed by atoms with Gasteiger partial charge in [0.15, 0.2) is 0 Å². The van der Waals surface area contributed by atoms with E-state index in [1.165, 1.54) is 12.4 Å². The Hall–Kier alpha value is -3.61. The zero-order valence-electron chi connectivity index (χ0n) is 15.6. The van der Waals surface area contributed by atoms with Crippen molar-refractivity contribution in [1.82, 2.24) is 20.2 Å². The van der Waals surface area contributed by atoms with Crippen LogP contribution in [0, 0.1) is 5.41 Å². The minimum atomic E-state index is -0.553. The fraction of sp³-hybridized carbons (Fsp3) is 0.190. The Kier molecular flexibility index (Phi) is 4.35. The molecule has 1 amide bonds. The van der Waals surface area contributed by atoms with Gasteiger partial charge in [-0.25, -0.2) is 10.1 Å². The highest BCUT2D eigenvalue weighted by Gasteiger charge is 2.40. The van der Waals surface area contributed by atoms with Gasteiger partial charge in [-0.2, -0.15) is 10.2 Å². The number of hydrogen-bond acceptors (Lipinski definition) is 5. The van der Waals surface area contributed by atoms with Gasteiger partial charge in [-0.15, -0.1) is 0 Å². The Bertz CT molecular complexity index is 1070. The van der Waals surface area contributed by atoms with Gasteiger partial charge < -0.3 is 0 Å². The summed E-state index contributed by atoms with van der Waals surface area (Å²) in [6, 6.07) is 12.9. The van der Waals surface area contributed by atoms with Crippen LogP contribution in [0.4, 0.5) is 0 Å². The summed E-state index contributed by atoms with van der Waals surface area (Å²) >= 11 is 0. The van der Waals surface area contributed by atoms with Gasteiger partial charge >= 0.3 is 0 Å². The van der Waals surface area contributed by atoms with Gasteiger partial charge in [0, 0.05) is 29.8 Å². The van der Waals surface area contributed by atoms with E-state index in [-0.39, 0.29) is 11.7 Å². The highest BCUT2D eigenvalue weighted by molar-refractivity contribution is 6.48. The molecule has 0 saturated heterocycles. The van der Waals surface area contributed by atoms with Gasteiger partial charge in [-0.05, 0) is 24.3 Å². The van der Waals surface area contributed by atoms with Crippen molar-refractivity contribution in [2.45, 2.75) is 20.3 Å². The van der Waals surface area contributed by atoms with E-state index >= 15 is 0 Å². The molecule has 140 valence electrons. The fourth-order valence-electron chi connectivity index (χ4n) is 3.34. The second-order valence-corrected chi connectivity index (χ2v) is 7.28. The number of fused-ring (bicyclic) bond motifs is 1. The Morgan fingerprint density at radius 2 is 1.86 bits per heavy atom. The maximum Gasteiger partial charge on any atom is 0.271 e. The molecule has 0 unspecified atom stereocenters. The van der Waals surface area contributed by atoms with Crippen LogP contribution in [0.15, 0.2) is 66.2 Å². The molecule has 2 heterocycles. The molecular formula is C21H19N5O2. The van der Waals surface area contributed by atoms with Gasteiger partial charge in [-0.3, -0.25) is 14.6 Å². The zero-order valence-corrected chi connectivity index (χ0v) is 15.6. The molecule has 1 aliphatic carbocycles. The van der Waals surface area contributed by atoms with E-state index in [1.54, 1.807) is 23.0 Å². The molecule has 2 aromatic heterocycles. The SMILES string of the molecule is CC1(C)Cc2c(cnn2-c2ccccc2)C(=O)/C1=N/NC(=O)c1ccncc1. The highest BCUT2D eigenvalue weighted by Crippen LogP contribution is 2.34. The lowest BCUT2D eigenvalue weighted by Crippen LogP contribution is -2.40. The third-order valence-electron chi connectivity index (χ3n) is 4.79. The predicted octanol–water partition coefficient (Wildman–Crippen LogP) is 2.82. The summed E-state index contributed by atoms with van der Waals surface area (Å²) in [7, 11) is 0. The van der Waals surface area contributed by atoms with Gasteiger partial charge in [0.05, 0.1) is 23.1 Å². The first-order chi connectivity index (χ1) is 13.5. The van der Waals surface area contributed by atoms with Crippen LogP contribution in [0.3, 0.4) is 0 Å². The number of nitrogens with one attached hydrogen (secondary N) is 1. The number of rotatable bonds is 3. The molecule has 0 radical (unpaired) electrons. The van der Waals surface area contributed by atoms with Crippen LogP contribution < -0.4 is 5.43 Å². The summed E-state index contributed by atoms with van der Waals surface area (Å²) in [5.74, 6) is -0.604. The Morgan fingerprint density at radius 1 is 1.14 bits per heavy atom. The molecule has 7 nitrogen and oxygen atoms in total. The van der Waals surface area contributed by atoms with E-state index < -0.39 is 5.41 Å². The first-order valence-electron chi connectivity index (χ1n) is 8.93. The number of Topliss-reactive ketones (excluding diaryl/α,β-unsaturated/α-hetero) is 1. The standard InChI is InChI=1S/C21H19N5O2/c1-21(2)12-17-16(13-23-26(17)15-6-4-3-5-7-15)18(27)19(21)24-25-20(28)14-8-10-22-11-9-14/h3-11,13H,12H2,1-2H3,(H,25,28)/b24-19-. The first-order valence-corrected chi connectivity index (χ1v) is 8.93. The van der Waals surface area contributed by atoms with Crippen molar-refractivity contribution >= 4 is 17.4 Å². The summed E-state index contributed by atoms with van der Waals surface area (Å²) in [5.41, 5.74) is 4.95. The number of amides is 1. The van der Waals surface area contributed by atoms with Crippen molar-refractivity contribution in [2.24, 2.45) is 10.5 Å². The number of carbonyl (C=O) groups is 2. The van der Waals surface area contributed by atoms with Crippen molar-refractivity contribution in [2.75, 3.05) is 0 Å². The van der Waals surface area contributed by atoms with E-state index in [1.807, 2.05) is 44.2 Å². The lowest BCUT2D eigenvalue weighted by atomic mass is 9.74. The maximum absolute atomic E-state index is 13.1. The quantitative estimate of drug-likeness (QED) is 0.715. The van der Waals surface area contributed by atoms with E-state index in [4.69, 9.17) is 0 Å². The largest absolute Gasteiger partial charge is 0.287 e. The number of pyridine rings is 1. The Morgan fingerprint density at radius 3 is 2.57 bits per heavy atom. The number of aromatic nitrogens is 3. The fourth-order valence-corrected chi connectivity index (χ4v) is 3.34. The molecule has 1 aromatic carbocycles. The van der Waals surface area contributed by atoms with Crippen LogP contribution >= 0.6 is 0 Å². The molecule has 3 aromatic rings. The van der Waals surface area contributed by atoms with E-state index in [0.717, 1.165) is 11.4 Å². The van der Waals surface area contributed by atoms with E-state index in [2.05, 4.69) is 20.6 Å². The van der Waals surface area contributed by atoms with Crippen LogP contribution in [0.2, 0.25) is 0 Å². The minimum absolute atomic E-state index is 0.219. The van der Waals surface area contributed by atoms with Crippen LogP contribution in [-0.4, -0.2) is 32.2 Å². The Labute approximate surface area is 162 Å². The molecule has 28 heavy (non-hydrogen) atoms. The van der Waals surface area contributed by atoms with Gasteiger partial charge in [0.1, 0.15) is 5.71 Å². The van der Waals surface area contributed by atoms with Crippen LogP contribution in [0.1, 0.15) is 40.3 Å². The summed E-state index contributed by atoms with van der Waals surface area (Å²) in [6.07, 6.45) is 5.21. The van der Waals surface area contributed by atoms with Crippen molar-refractivity contribution in [3.63, 3.8) is 0 Å². The summed E-state index contributed by atoms with van der Waals surface area (Å²) < 4.78 is 1.79. The topological polar surface area (TPSA) is 89.2 Å². The first kappa shape index (κ1) is 17.8. The second-order valence-electron chi connectivity index (χ2n) is 7.28. The number of benzene rings is 1. The molecule has 0 atom stereocenters. The molecule has 0 aliphatic heterocycles. The van der Waals surface area contributed by atoms with Gasteiger partial charge in [-0.1, -0.05) is 32.0 Å². The second kappa shape index (κ2) is 6.84. The predicted molar refractivity (Wildman–Crippen MR) is 105 cm³/mol. The lowest BCUT2D eigenvalue weighted by molar-refractivity contribution is 0.0954. The number of para-hydroxylation sites is 1. The third-order valence-corrected chi connectivity index (χ3v) is 4.79. The van der Waals surface area contributed by atoms with Gasteiger partial charge in [0.25, 0.3) is 5.91 Å². The summed E-state index contributed by atoms with van der Waals surface area (Å²) in [4.78, 5) is 29.2. The highest BCUT2D eigenvalue weighted by atomic mass is 16.2. The number of hydrazone groups is 1. The van der Waals surface area contributed by atoms with Crippen LogP contribution in [-0.2, 0) is 6.42 Å². The van der Waals surface area contributed by atoms with E-state index in [0.29, 0.717) is 23.3 Å². The molecule has 1 aliphatic rings. The molecule has 0 bridgehead atoms. The summed E-state index contributed by atoms with van der Waals surface area (Å²) in [5, 5.41) is 8.59.